The molecule has 1 saturated heterocycles. The van der Waals surface area contributed by atoms with Crippen LogP contribution in [0.15, 0.2) is 18.2 Å². The van der Waals surface area contributed by atoms with Crippen LogP contribution in [0, 0.1) is 9.39 Å². The van der Waals surface area contributed by atoms with Crippen molar-refractivity contribution in [2.24, 2.45) is 0 Å². The van der Waals surface area contributed by atoms with Crippen molar-refractivity contribution in [3.05, 3.63) is 33.1 Å². The highest BCUT2D eigenvalue weighted by molar-refractivity contribution is 14.1. The van der Waals surface area contributed by atoms with Gasteiger partial charge < -0.3 is 15.1 Å². The highest BCUT2D eigenvalue weighted by atomic mass is 127. The molecule has 6 heteroatoms. The average Bonchev–Trinajstić information content (AvgIpc) is 2.62. The molecule has 4 nitrogen and oxygen atoms in total. The number of amides is 1. The predicted octanol–water partition coefficient (Wildman–Crippen LogP) is 0.608. The normalized spacial score (nSPS) is 24.1. The number of halogens is 2. The summed E-state index contributed by atoms with van der Waals surface area (Å²) >= 11 is 1.81. The van der Waals surface area contributed by atoms with Crippen LogP contribution in [0.3, 0.4) is 0 Å². The molecule has 2 rings (SSSR count). The molecular formula is C11H11FINO3. The van der Waals surface area contributed by atoms with Crippen molar-refractivity contribution in [1.82, 2.24) is 4.90 Å². The van der Waals surface area contributed by atoms with Crippen LogP contribution in [0.5, 0.6) is 0 Å². The maximum Gasteiger partial charge on any atom is 0.254 e. The maximum atomic E-state index is 13.1. The molecule has 92 valence electrons. The monoisotopic (exact) mass is 351 g/mol. The molecule has 1 fully saturated rings. The van der Waals surface area contributed by atoms with E-state index in [2.05, 4.69) is 0 Å². The van der Waals surface area contributed by atoms with Crippen LogP contribution < -0.4 is 0 Å². The first-order valence-electron chi connectivity index (χ1n) is 5.09. The lowest BCUT2D eigenvalue weighted by Crippen LogP contribution is -2.29. The summed E-state index contributed by atoms with van der Waals surface area (Å²) in [4.78, 5) is 13.3. The van der Waals surface area contributed by atoms with Crippen LogP contribution in [-0.4, -0.2) is 46.3 Å². The van der Waals surface area contributed by atoms with Gasteiger partial charge in [0.1, 0.15) is 5.82 Å². The molecule has 1 heterocycles. The minimum absolute atomic E-state index is 0.105. The van der Waals surface area contributed by atoms with Crippen molar-refractivity contribution in [3.8, 4) is 0 Å². The van der Waals surface area contributed by atoms with Gasteiger partial charge in [-0.3, -0.25) is 4.79 Å². The van der Waals surface area contributed by atoms with E-state index >= 15 is 0 Å². The summed E-state index contributed by atoms with van der Waals surface area (Å²) < 4.78 is 13.4. The van der Waals surface area contributed by atoms with E-state index in [1.165, 1.54) is 23.1 Å². The average molecular weight is 351 g/mol. The third-order valence-corrected chi connectivity index (χ3v) is 3.54. The fourth-order valence-corrected chi connectivity index (χ4v) is 2.26. The highest BCUT2D eigenvalue weighted by Gasteiger charge is 2.32. The van der Waals surface area contributed by atoms with Crippen molar-refractivity contribution in [2.75, 3.05) is 13.1 Å². The second-order valence-corrected chi connectivity index (χ2v) is 5.14. The van der Waals surface area contributed by atoms with Gasteiger partial charge in [-0.05, 0) is 40.8 Å². The summed E-state index contributed by atoms with van der Waals surface area (Å²) in [5, 5.41) is 18.7. The van der Waals surface area contributed by atoms with Crippen LogP contribution in [0.25, 0.3) is 0 Å². The largest absolute Gasteiger partial charge is 0.388 e. The van der Waals surface area contributed by atoms with Gasteiger partial charge in [0.25, 0.3) is 5.91 Å². The summed E-state index contributed by atoms with van der Waals surface area (Å²) in [5.74, 6) is -0.679. The minimum Gasteiger partial charge on any atom is -0.388 e. The number of aliphatic hydroxyl groups is 2. The molecule has 1 aromatic carbocycles. The van der Waals surface area contributed by atoms with E-state index in [0.717, 1.165) is 0 Å². The fraction of sp³-hybridized carbons (Fsp3) is 0.364. The number of nitrogens with zero attached hydrogens (tertiary/aromatic N) is 1. The number of aliphatic hydroxyl groups excluding tert-OH is 2. The van der Waals surface area contributed by atoms with E-state index in [4.69, 9.17) is 0 Å². The molecule has 17 heavy (non-hydrogen) atoms. The van der Waals surface area contributed by atoms with E-state index in [1.54, 1.807) is 0 Å². The van der Waals surface area contributed by atoms with Crippen molar-refractivity contribution >= 4 is 28.5 Å². The Morgan fingerprint density at radius 3 is 2.47 bits per heavy atom. The van der Waals surface area contributed by atoms with Crippen LogP contribution in [0.2, 0.25) is 0 Å². The van der Waals surface area contributed by atoms with Crippen LogP contribution >= 0.6 is 22.6 Å². The van der Waals surface area contributed by atoms with Gasteiger partial charge in [0.05, 0.1) is 12.2 Å². The summed E-state index contributed by atoms with van der Waals surface area (Å²) in [6.07, 6.45) is -1.81. The second kappa shape index (κ2) is 4.87. The highest BCUT2D eigenvalue weighted by Crippen LogP contribution is 2.17. The van der Waals surface area contributed by atoms with E-state index in [-0.39, 0.29) is 24.8 Å². The van der Waals surface area contributed by atoms with E-state index in [0.29, 0.717) is 9.13 Å². The number of hydrogen-bond acceptors (Lipinski definition) is 3. The molecular weight excluding hydrogens is 340 g/mol. The number of carbonyl (C=O) groups excluding carboxylic acids is 1. The second-order valence-electron chi connectivity index (χ2n) is 3.97. The van der Waals surface area contributed by atoms with E-state index < -0.39 is 12.2 Å². The first kappa shape index (κ1) is 12.7. The summed E-state index contributed by atoms with van der Waals surface area (Å²) in [6.45, 7) is 0.210. The Hall–Kier alpha value is -0.730. The molecule has 1 aromatic rings. The molecule has 2 atom stereocenters. The zero-order chi connectivity index (χ0) is 12.6. The van der Waals surface area contributed by atoms with Crippen LogP contribution in [0.4, 0.5) is 4.39 Å². The van der Waals surface area contributed by atoms with Gasteiger partial charge in [-0.2, -0.15) is 0 Å². The molecule has 0 unspecified atom stereocenters. The topological polar surface area (TPSA) is 60.8 Å². The molecule has 0 bridgehead atoms. The number of rotatable bonds is 1. The van der Waals surface area contributed by atoms with Gasteiger partial charge in [0.15, 0.2) is 0 Å². The molecule has 0 saturated carbocycles. The molecule has 1 amide bonds. The number of benzene rings is 1. The predicted molar refractivity (Wildman–Crippen MR) is 67.0 cm³/mol. The summed E-state index contributed by atoms with van der Waals surface area (Å²) in [6, 6.07) is 4.09. The maximum absolute atomic E-state index is 13.1. The van der Waals surface area contributed by atoms with Gasteiger partial charge in [0.2, 0.25) is 0 Å². The van der Waals surface area contributed by atoms with E-state index in [1.807, 2.05) is 22.6 Å². The fourth-order valence-electron chi connectivity index (χ4n) is 1.75. The third-order valence-electron chi connectivity index (χ3n) is 2.71. The summed E-state index contributed by atoms with van der Waals surface area (Å²) in [5.41, 5.74) is 0.358. The first-order valence-corrected chi connectivity index (χ1v) is 6.17. The summed E-state index contributed by atoms with van der Waals surface area (Å²) in [7, 11) is 0. The number of hydrogen-bond donors (Lipinski definition) is 2. The number of likely N-dealkylation sites (tertiary alicyclic amines) is 1. The Labute approximate surface area is 111 Å². The van der Waals surface area contributed by atoms with Crippen molar-refractivity contribution in [1.29, 1.82) is 0 Å². The lowest BCUT2D eigenvalue weighted by atomic mass is 10.2. The molecule has 0 aliphatic carbocycles. The van der Waals surface area contributed by atoms with Gasteiger partial charge >= 0.3 is 0 Å². The van der Waals surface area contributed by atoms with Crippen LogP contribution in [0.1, 0.15) is 10.4 Å². The lowest BCUT2D eigenvalue weighted by molar-refractivity contribution is 0.0572. The lowest BCUT2D eigenvalue weighted by Gasteiger charge is -2.15. The molecule has 2 N–H and O–H groups in total. The molecule has 0 spiro atoms. The number of carbonyl (C=O) groups is 1. The number of β-amino-alcohol motifs (C(OH)–C–C–N with tert-alkyl or cyclic N) is 2. The van der Waals surface area contributed by atoms with Gasteiger partial charge in [-0.1, -0.05) is 0 Å². The van der Waals surface area contributed by atoms with E-state index in [9.17, 15) is 19.4 Å². The first-order chi connectivity index (χ1) is 7.99. The molecule has 0 radical (unpaired) electrons. The minimum atomic E-state index is -0.904. The Bertz CT molecular complexity index is 444. The quantitative estimate of drug-likeness (QED) is 0.729. The molecule has 1 aliphatic heterocycles. The van der Waals surface area contributed by atoms with Crippen molar-refractivity contribution in [2.45, 2.75) is 12.2 Å². The Morgan fingerprint density at radius 2 is 1.94 bits per heavy atom. The van der Waals surface area contributed by atoms with Crippen molar-refractivity contribution in [3.63, 3.8) is 0 Å². The zero-order valence-corrected chi connectivity index (χ0v) is 11.0. The Kier molecular flexibility index (Phi) is 3.64. The zero-order valence-electron chi connectivity index (χ0n) is 8.81. The van der Waals surface area contributed by atoms with Crippen LogP contribution in [-0.2, 0) is 0 Å². The molecule has 0 aromatic heterocycles. The molecule has 1 aliphatic rings. The smallest absolute Gasteiger partial charge is 0.254 e. The SMILES string of the molecule is O=C(c1ccc(F)c(I)c1)N1C[C@@H](O)[C@@H](O)C1. The third kappa shape index (κ3) is 2.58. The van der Waals surface area contributed by atoms with Gasteiger partial charge in [0, 0.05) is 22.2 Å². The Balaban J connectivity index is 2.17. The van der Waals surface area contributed by atoms with Gasteiger partial charge in [-0.15, -0.1) is 0 Å². The van der Waals surface area contributed by atoms with Gasteiger partial charge in [-0.25, -0.2) is 4.39 Å². The van der Waals surface area contributed by atoms with Crippen molar-refractivity contribution < 1.29 is 19.4 Å². The standard InChI is InChI=1S/C11H11FINO3/c12-7-2-1-6(3-8(7)13)11(17)14-4-9(15)10(16)5-14/h1-3,9-10,15-16H,4-5H2/t9-,10+. The Morgan fingerprint density at radius 1 is 1.35 bits per heavy atom.